The van der Waals surface area contributed by atoms with Gasteiger partial charge in [-0.3, -0.25) is 4.79 Å². The number of hydrogen-bond donors (Lipinski definition) is 2. The van der Waals surface area contributed by atoms with Gasteiger partial charge in [-0.25, -0.2) is 0 Å². The zero-order chi connectivity index (χ0) is 18.4. The number of piperidine rings is 2. The number of β-lactam (4-membered cyclic amide) rings is 1. The molecule has 27 heavy (non-hydrogen) atoms. The molecule has 0 aliphatic carbocycles. The molecule has 0 aromatic heterocycles. The van der Waals surface area contributed by atoms with Crippen molar-refractivity contribution < 1.29 is 42.6 Å². The first-order valence-corrected chi connectivity index (χ1v) is 9.85. The van der Waals surface area contributed by atoms with E-state index in [-0.39, 0.29) is 38.6 Å². The number of benzene rings is 1. The molecule has 1 radical (unpaired) electrons. The number of amides is 1. The van der Waals surface area contributed by atoms with Crippen molar-refractivity contribution in [3.63, 3.8) is 0 Å². The van der Waals surface area contributed by atoms with Crippen LogP contribution in [0.1, 0.15) is 43.6 Å². The average Bonchev–Trinajstić information content (AvgIpc) is 2.69. The van der Waals surface area contributed by atoms with E-state index in [1.54, 1.807) is 0 Å². The van der Waals surface area contributed by atoms with Crippen LogP contribution in [0.3, 0.4) is 0 Å². The van der Waals surface area contributed by atoms with Gasteiger partial charge in [-0.15, -0.1) is 0 Å². The van der Waals surface area contributed by atoms with Crippen LogP contribution in [-0.2, 0) is 37.5 Å². The number of nitrogens with one attached hydrogen (secondary N) is 2. The normalized spacial score (nSPS) is 21.7. The monoisotopic (exact) mass is 448 g/mol. The number of phenolic OH excluding ortho intramolecular Hbond substituents is 1. The third kappa shape index (κ3) is 7.10. The van der Waals surface area contributed by atoms with Gasteiger partial charge in [0.15, 0.2) is 0 Å². The summed E-state index contributed by atoms with van der Waals surface area (Å²) in [4.78, 5) is 12.6. The Morgan fingerprint density at radius 2 is 1.63 bits per heavy atom. The Morgan fingerprint density at radius 1 is 1.04 bits per heavy atom. The molecule has 3 heterocycles. The fourth-order valence-electron chi connectivity index (χ4n) is 3.94. The van der Waals surface area contributed by atoms with Gasteiger partial charge in [0.2, 0.25) is 5.91 Å². The largest absolute Gasteiger partial charge is 0.581 e. The van der Waals surface area contributed by atoms with Crippen molar-refractivity contribution >= 4 is 5.91 Å². The maximum atomic E-state index is 9.97. The van der Waals surface area contributed by atoms with E-state index in [1.165, 1.54) is 64.0 Å². The fraction of sp³-hybridized carbons (Fsp3) is 0.650. The van der Waals surface area contributed by atoms with Gasteiger partial charge in [0.25, 0.3) is 0 Å². The van der Waals surface area contributed by atoms with E-state index >= 15 is 0 Å². The van der Waals surface area contributed by atoms with Crippen molar-refractivity contribution in [1.82, 2.24) is 15.2 Å². The van der Waals surface area contributed by atoms with Gasteiger partial charge in [-0.05, 0) is 81.4 Å². The van der Waals surface area contributed by atoms with Crippen LogP contribution >= 0.6 is 0 Å². The second-order valence-corrected chi connectivity index (χ2v) is 7.66. The summed E-state index contributed by atoms with van der Waals surface area (Å²) in [5.74, 6) is 8.50. The van der Waals surface area contributed by atoms with Gasteiger partial charge in [-0.1, -0.05) is 12.1 Å². The SMILES string of the molecule is Oc1ccc(C2CCN(CC3CCNCC3)CC2)cc1.[NH-]N1CCC1=O.[Y]. The van der Waals surface area contributed by atoms with E-state index < -0.39 is 0 Å². The first-order valence-electron chi connectivity index (χ1n) is 9.85. The van der Waals surface area contributed by atoms with Gasteiger partial charge in [-0.2, -0.15) is 0 Å². The minimum atomic E-state index is -0.0602. The zero-order valence-electron chi connectivity index (χ0n) is 16.1. The maximum Gasteiger partial charge on any atom is 0.207 e. The van der Waals surface area contributed by atoms with Crippen LogP contribution in [0.15, 0.2) is 24.3 Å². The number of phenols is 1. The topological polar surface area (TPSA) is 79.6 Å². The predicted molar refractivity (Wildman–Crippen MR) is 103 cm³/mol. The summed E-state index contributed by atoms with van der Waals surface area (Å²) in [6.45, 7) is 6.79. The van der Waals surface area contributed by atoms with Gasteiger partial charge in [0.05, 0.1) is 0 Å². The number of nitrogens with zero attached hydrogens (tertiary/aromatic N) is 2. The van der Waals surface area contributed by atoms with Gasteiger partial charge < -0.3 is 26.2 Å². The number of carbonyl (C=O) groups excluding carboxylic acids is 1. The summed E-state index contributed by atoms with van der Waals surface area (Å²) < 4.78 is 0. The van der Waals surface area contributed by atoms with E-state index in [0.29, 0.717) is 24.6 Å². The molecule has 1 aromatic rings. The molecule has 1 aromatic carbocycles. The number of carbonyl (C=O) groups is 1. The Balaban J connectivity index is 0.000000320. The zero-order valence-corrected chi connectivity index (χ0v) is 18.9. The third-order valence-electron chi connectivity index (χ3n) is 5.78. The molecule has 3 saturated heterocycles. The van der Waals surface area contributed by atoms with Crippen LogP contribution in [-0.4, -0.2) is 60.2 Å². The number of rotatable bonds is 3. The number of aromatic hydroxyl groups is 1. The summed E-state index contributed by atoms with van der Waals surface area (Å²) in [6, 6.07) is 7.80. The van der Waals surface area contributed by atoms with E-state index in [2.05, 4.69) is 22.3 Å². The molecular formula is C20H31N4O2Y-. The molecule has 147 valence electrons. The molecular weight excluding hydrogens is 417 g/mol. The Morgan fingerprint density at radius 3 is 2.11 bits per heavy atom. The molecule has 0 saturated carbocycles. The summed E-state index contributed by atoms with van der Waals surface area (Å²) in [5, 5.41) is 13.8. The molecule has 4 rings (SSSR count). The standard InChI is InChI=1S/C17H26N2O.C3H5N2O.Y/c20-17-3-1-15(2-4-17)16-7-11-19(12-8-16)13-14-5-9-18-10-6-14;4-5-2-1-3(5)6;/h1-4,14,16,18,20H,5-13H2;4H,1-2H2;/q;-1;. The van der Waals surface area contributed by atoms with Crippen LogP contribution in [0.2, 0.25) is 0 Å². The van der Waals surface area contributed by atoms with Crippen molar-refractivity contribution in [3.05, 3.63) is 35.7 Å². The Hall–Kier alpha value is -0.526. The summed E-state index contributed by atoms with van der Waals surface area (Å²) in [6.07, 6.45) is 5.78. The molecule has 7 heteroatoms. The van der Waals surface area contributed by atoms with Gasteiger partial charge >= 0.3 is 0 Å². The van der Waals surface area contributed by atoms with Crippen LogP contribution < -0.4 is 5.32 Å². The van der Waals surface area contributed by atoms with Crippen LogP contribution in [0.25, 0.3) is 5.84 Å². The van der Waals surface area contributed by atoms with E-state index in [0.717, 1.165) is 10.9 Å². The first-order chi connectivity index (χ1) is 12.6. The van der Waals surface area contributed by atoms with Crippen LogP contribution in [0.4, 0.5) is 0 Å². The average molecular weight is 448 g/mol. The van der Waals surface area contributed by atoms with E-state index in [4.69, 9.17) is 5.84 Å². The Bertz CT molecular complexity index is 570. The molecule has 6 nitrogen and oxygen atoms in total. The molecule has 0 spiro atoms. The van der Waals surface area contributed by atoms with Crippen molar-refractivity contribution in [3.8, 4) is 5.75 Å². The predicted octanol–water partition coefficient (Wildman–Crippen LogP) is 2.75. The molecule has 1 amide bonds. The van der Waals surface area contributed by atoms with E-state index in [9.17, 15) is 9.90 Å². The summed E-state index contributed by atoms with van der Waals surface area (Å²) in [5.41, 5.74) is 1.39. The second kappa shape index (κ2) is 11.5. The molecule has 3 aliphatic rings. The van der Waals surface area contributed by atoms with Gasteiger partial charge in [0.1, 0.15) is 5.75 Å². The quantitative estimate of drug-likeness (QED) is 0.698. The minimum absolute atomic E-state index is 0. The number of likely N-dealkylation sites (tertiary alicyclic amines) is 1. The van der Waals surface area contributed by atoms with Crippen molar-refractivity contribution in [2.45, 2.75) is 38.0 Å². The summed E-state index contributed by atoms with van der Waals surface area (Å²) >= 11 is 0. The number of hydrogen-bond acceptors (Lipinski definition) is 4. The summed E-state index contributed by atoms with van der Waals surface area (Å²) in [7, 11) is 0. The first kappa shape index (κ1) is 22.8. The molecule has 0 bridgehead atoms. The third-order valence-corrected chi connectivity index (χ3v) is 5.78. The van der Waals surface area contributed by atoms with Gasteiger partial charge in [0, 0.05) is 52.2 Å². The second-order valence-electron chi connectivity index (χ2n) is 7.66. The van der Waals surface area contributed by atoms with Crippen molar-refractivity contribution in [2.24, 2.45) is 5.92 Å². The fourth-order valence-corrected chi connectivity index (χ4v) is 3.94. The van der Waals surface area contributed by atoms with E-state index in [1.807, 2.05) is 12.1 Å². The Kier molecular flexibility index (Phi) is 9.67. The van der Waals surface area contributed by atoms with Crippen molar-refractivity contribution in [1.29, 1.82) is 0 Å². The molecule has 3 N–H and O–H groups in total. The Labute approximate surface area is 187 Å². The molecule has 0 atom stereocenters. The van der Waals surface area contributed by atoms with Crippen LogP contribution in [0, 0.1) is 5.92 Å². The minimum Gasteiger partial charge on any atom is -0.581 e. The van der Waals surface area contributed by atoms with Crippen LogP contribution in [0.5, 0.6) is 5.75 Å². The maximum absolute atomic E-state index is 9.97. The molecule has 3 fully saturated rings. The molecule has 3 aliphatic heterocycles. The smallest absolute Gasteiger partial charge is 0.207 e. The van der Waals surface area contributed by atoms with Crippen molar-refractivity contribution in [2.75, 3.05) is 39.3 Å². The molecule has 0 unspecified atom stereocenters.